The number of benzene rings is 1. The minimum Gasteiger partial charge on any atom is -0.342 e. The molecule has 0 saturated heterocycles. The number of hydrogen-bond donors (Lipinski definition) is 2. The van der Waals surface area contributed by atoms with Crippen LogP contribution in [0.5, 0.6) is 0 Å². The van der Waals surface area contributed by atoms with E-state index in [1.54, 1.807) is 0 Å². The molecule has 3 nitrogen and oxygen atoms in total. The topological polar surface area (TPSA) is 54.7 Å². The number of unbranched alkanes of at least 4 members (excludes halogenated alkanes) is 2. The Morgan fingerprint density at radius 1 is 1.05 bits per heavy atom. The normalized spacial score (nSPS) is 11.8. The molecule has 21 heavy (non-hydrogen) atoms. The third-order valence-electron chi connectivity index (χ3n) is 3.81. The lowest BCUT2D eigenvalue weighted by Crippen LogP contribution is -2.10. The van der Waals surface area contributed by atoms with Crippen LogP contribution in [0.4, 0.5) is 0 Å². The number of nitrogens with zero attached hydrogens (tertiary/aromatic N) is 1. The second-order valence-corrected chi connectivity index (χ2v) is 6.67. The van der Waals surface area contributed by atoms with Crippen LogP contribution in [-0.2, 0) is 11.8 Å². The van der Waals surface area contributed by atoms with Gasteiger partial charge in [-0.2, -0.15) is 0 Å². The molecule has 0 aliphatic carbocycles. The summed E-state index contributed by atoms with van der Waals surface area (Å²) in [4.78, 5) is 7.90. The van der Waals surface area contributed by atoms with Crippen molar-refractivity contribution < 1.29 is 0 Å². The van der Waals surface area contributed by atoms with Gasteiger partial charge < -0.3 is 10.7 Å². The summed E-state index contributed by atoms with van der Waals surface area (Å²) in [5, 5.41) is 0. The molecular weight excluding hydrogens is 258 g/mol. The smallest absolute Gasteiger partial charge is 0.106 e. The first-order valence-electron chi connectivity index (χ1n) is 7.85. The van der Waals surface area contributed by atoms with Gasteiger partial charge in [0.05, 0.1) is 11.9 Å². The van der Waals surface area contributed by atoms with E-state index in [9.17, 15) is 0 Å². The zero-order valence-electron chi connectivity index (χ0n) is 13.4. The summed E-state index contributed by atoms with van der Waals surface area (Å²) in [5.74, 6) is 1.07. The number of aromatic amines is 1. The van der Waals surface area contributed by atoms with E-state index < -0.39 is 0 Å². The summed E-state index contributed by atoms with van der Waals surface area (Å²) < 4.78 is 0. The lowest BCUT2D eigenvalue weighted by Gasteiger charge is -2.18. The van der Waals surface area contributed by atoms with Gasteiger partial charge in [0, 0.05) is 6.42 Å². The van der Waals surface area contributed by atoms with Gasteiger partial charge in [0.1, 0.15) is 5.82 Å². The standard InChI is InChI=1S/C18H27N3/c1-18(2,3)15-10-8-14(9-11-15)16-13-20-17(21-16)7-5-4-6-12-19/h8-11,13H,4-7,12,19H2,1-3H3,(H,20,21). The maximum atomic E-state index is 5.51. The third kappa shape index (κ3) is 4.43. The number of nitrogens with one attached hydrogen (secondary N) is 1. The number of rotatable bonds is 6. The van der Waals surface area contributed by atoms with Crippen LogP contribution >= 0.6 is 0 Å². The molecule has 0 radical (unpaired) electrons. The van der Waals surface area contributed by atoms with Crippen molar-refractivity contribution >= 4 is 0 Å². The van der Waals surface area contributed by atoms with Crippen LogP contribution in [0.2, 0.25) is 0 Å². The maximum Gasteiger partial charge on any atom is 0.106 e. The van der Waals surface area contributed by atoms with Crippen LogP contribution in [0.1, 0.15) is 51.4 Å². The first-order chi connectivity index (χ1) is 10.0. The first kappa shape index (κ1) is 15.8. The fraction of sp³-hybridized carbons (Fsp3) is 0.500. The summed E-state index contributed by atoms with van der Waals surface area (Å²) >= 11 is 0. The van der Waals surface area contributed by atoms with Gasteiger partial charge in [-0.25, -0.2) is 4.98 Å². The zero-order valence-corrected chi connectivity index (χ0v) is 13.4. The average Bonchev–Trinajstić information content (AvgIpc) is 2.92. The van der Waals surface area contributed by atoms with Crippen LogP contribution in [-0.4, -0.2) is 16.5 Å². The molecule has 114 valence electrons. The second kappa shape index (κ2) is 6.90. The quantitative estimate of drug-likeness (QED) is 0.787. The van der Waals surface area contributed by atoms with Crippen molar-refractivity contribution in [2.24, 2.45) is 5.73 Å². The van der Waals surface area contributed by atoms with Crippen LogP contribution in [0.15, 0.2) is 30.5 Å². The third-order valence-corrected chi connectivity index (χ3v) is 3.81. The number of imidazole rings is 1. The van der Waals surface area contributed by atoms with Crippen LogP contribution in [0.3, 0.4) is 0 Å². The molecule has 0 saturated carbocycles. The van der Waals surface area contributed by atoms with Crippen LogP contribution in [0.25, 0.3) is 11.3 Å². The largest absolute Gasteiger partial charge is 0.342 e. The number of H-pyrrole nitrogens is 1. The van der Waals surface area contributed by atoms with Gasteiger partial charge in [-0.05, 0) is 35.9 Å². The molecule has 3 heteroatoms. The predicted molar refractivity (Wildman–Crippen MR) is 89.3 cm³/mol. The highest BCUT2D eigenvalue weighted by molar-refractivity contribution is 5.59. The van der Waals surface area contributed by atoms with Gasteiger partial charge in [-0.3, -0.25) is 0 Å². The van der Waals surface area contributed by atoms with E-state index >= 15 is 0 Å². The van der Waals surface area contributed by atoms with Crippen LogP contribution in [0, 0.1) is 0 Å². The Morgan fingerprint density at radius 3 is 2.38 bits per heavy atom. The lowest BCUT2D eigenvalue weighted by atomic mass is 9.86. The number of aryl methyl sites for hydroxylation is 1. The molecule has 0 spiro atoms. The van der Waals surface area contributed by atoms with Crippen molar-refractivity contribution in [1.82, 2.24) is 9.97 Å². The second-order valence-electron chi connectivity index (χ2n) is 6.67. The van der Waals surface area contributed by atoms with Crippen molar-refractivity contribution in [2.75, 3.05) is 6.54 Å². The molecule has 0 aliphatic heterocycles. The predicted octanol–water partition coefficient (Wildman–Crippen LogP) is 4.05. The Kier molecular flexibility index (Phi) is 5.18. The van der Waals surface area contributed by atoms with E-state index in [0.717, 1.165) is 37.3 Å². The average molecular weight is 285 g/mol. The molecule has 0 unspecified atom stereocenters. The Labute approximate surface area is 128 Å². The molecule has 0 fully saturated rings. The summed E-state index contributed by atoms with van der Waals surface area (Å²) in [6, 6.07) is 8.76. The van der Waals surface area contributed by atoms with Crippen LogP contribution < -0.4 is 5.73 Å². The summed E-state index contributed by atoms with van der Waals surface area (Å²) in [6.45, 7) is 7.48. The summed E-state index contributed by atoms with van der Waals surface area (Å²) in [5.41, 5.74) is 9.36. The monoisotopic (exact) mass is 285 g/mol. The van der Waals surface area contributed by atoms with E-state index in [0.29, 0.717) is 0 Å². The molecule has 2 aromatic rings. The van der Waals surface area contributed by atoms with E-state index in [1.165, 1.54) is 17.5 Å². The number of nitrogens with two attached hydrogens (primary N) is 1. The number of aromatic nitrogens is 2. The Hall–Kier alpha value is -1.61. The van der Waals surface area contributed by atoms with E-state index in [-0.39, 0.29) is 5.41 Å². The molecular formula is C18H27N3. The van der Waals surface area contributed by atoms with Gasteiger partial charge in [-0.1, -0.05) is 51.5 Å². The molecule has 1 aromatic heterocycles. The van der Waals surface area contributed by atoms with E-state index in [4.69, 9.17) is 5.73 Å². The first-order valence-corrected chi connectivity index (χ1v) is 7.85. The highest BCUT2D eigenvalue weighted by Gasteiger charge is 2.13. The highest BCUT2D eigenvalue weighted by atomic mass is 14.9. The van der Waals surface area contributed by atoms with E-state index in [1.807, 2.05) is 6.20 Å². The van der Waals surface area contributed by atoms with Gasteiger partial charge in [0.25, 0.3) is 0 Å². The molecule has 1 heterocycles. The summed E-state index contributed by atoms with van der Waals surface area (Å²) in [6.07, 6.45) is 6.35. The number of hydrogen-bond acceptors (Lipinski definition) is 2. The van der Waals surface area contributed by atoms with Crippen molar-refractivity contribution in [2.45, 2.75) is 51.9 Å². The Balaban J connectivity index is 2.00. The van der Waals surface area contributed by atoms with Crippen molar-refractivity contribution in [3.05, 3.63) is 41.9 Å². The van der Waals surface area contributed by atoms with Gasteiger partial charge in [0.2, 0.25) is 0 Å². The zero-order chi connectivity index (χ0) is 15.3. The van der Waals surface area contributed by atoms with E-state index in [2.05, 4.69) is 55.0 Å². The molecule has 0 amide bonds. The Bertz CT molecular complexity index is 547. The molecule has 0 aliphatic rings. The molecule has 2 rings (SSSR count). The maximum absolute atomic E-state index is 5.51. The molecule has 0 atom stereocenters. The summed E-state index contributed by atoms with van der Waals surface area (Å²) in [7, 11) is 0. The Morgan fingerprint density at radius 2 is 1.76 bits per heavy atom. The fourth-order valence-electron chi connectivity index (χ4n) is 2.40. The molecule has 1 aromatic carbocycles. The SMILES string of the molecule is CC(C)(C)c1ccc(-c2cnc(CCCCCN)[nH]2)cc1. The minimum atomic E-state index is 0.195. The van der Waals surface area contributed by atoms with Gasteiger partial charge in [-0.15, -0.1) is 0 Å². The fourth-order valence-corrected chi connectivity index (χ4v) is 2.40. The molecule has 3 N–H and O–H groups in total. The van der Waals surface area contributed by atoms with Crippen molar-refractivity contribution in [1.29, 1.82) is 0 Å². The highest BCUT2D eigenvalue weighted by Crippen LogP contribution is 2.25. The van der Waals surface area contributed by atoms with Crippen molar-refractivity contribution in [3.8, 4) is 11.3 Å². The minimum absolute atomic E-state index is 0.195. The van der Waals surface area contributed by atoms with Crippen molar-refractivity contribution in [3.63, 3.8) is 0 Å². The van der Waals surface area contributed by atoms with Gasteiger partial charge >= 0.3 is 0 Å². The molecule has 0 bridgehead atoms. The van der Waals surface area contributed by atoms with Gasteiger partial charge in [0.15, 0.2) is 0 Å². The lowest BCUT2D eigenvalue weighted by molar-refractivity contribution is 0.590.